The van der Waals surface area contributed by atoms with Crippen molar-refractivity contribution in [3.05, 3.63) is 23.8 Å². The molecule has 1 aliphatic carbocycles. The molecule has 1 unspecified atom stereocenters. The van der Waals surface area contributed by atoms with Gasteiger partial charge in [-0.3, -0.25) is 0 Å². The molecule has 2 heteroatoms. The number of aliphatic hydroxyl groups is 1. The molecule has 0 saturated heterocycles. The lowest BCUT2D eigenvalue weighted by Crippen LogP contribution is -2.19. The molecule has 0 fully saturated rings. The molecule has 1 nitrogen and oxygen atoms in total. The van der Waals surface area contributed by atoms with Crippen LogP contribution in [0.25, 0.3) is 0 Å². The Bertz CT molecular complexity index is 191. The number of thiocarbonyl (C=S) groups is 1. The smallest absolute Gasteiger partial charge is 0.110 e. The maximum Gasteiger partial charge on any atom is 0.110 e. The summed E-state index contributed by atoms with van der Waals surface area (Å²) in [6, 6.07) is 0. The first-order valence-electron chi connectivity index (χ1n) is 2.78. The van der Waals surface area contributed by atoms with Crippen molar-refractivity contribution in [2.75, 3.05) is 0 Å². The molecular formula is C7H8OS. The number of hydrogen-bond donors (Lipinski definition) is 1. The Morgan fingerprint density at radius 1 is 1.67 bits per heavy atom. The van der Waals surface area contributed by atoms with Crippen molar-refractivity contribution in [2.45, 2.75) is 13.0 Å². The Morgan fingerprint density at radius 3 is 2.78 bits per heavy atom. The molecular weight excluding hydrogens is 132 g/mol. The predicted molar refractivity (Wildman–Crippen MR) is 41.5 cm³/mol. The largest absolute Gasteiger partial charge is 0.383 e. The Balaban J connectivity index is 2.86. The molecule has 9 heavy (non-hydrogen) atoms. The zero-order valence-electron chi connectivity index (χ0n) is 5.16. The summed E-state index contributed by atoms with van der Waals surface area (Å²) in [5, 5.41) is 9.19. The second-order valence-corrected chi connectivity index (χ2v) is 2.55. The third-order valence-electron chi connectivity index (χ3n) is 1.32. The van der Waals surface area contributed by atoms with Gasteiger partial charge in [-0.2, -0.15) is 0 Å². The summed E-state index contributed by atoms with van der Waals surface area (Å²) in [6.07, 6.45) is 4.93. The van der Waals surface area contributed by atoms with Gasteiger partial charge in [0.05, 0.1) is 0 Å². The van der Waals surface area contributed by atoms with Crippen molar-refractivity contribution in [1.82, 2.24) is 0 Å². The molecule has 1 aliphatic rings. The van der Waals surface area contributed by atoms with Gasteiger partial charge in [0.1, 0.15) is 6.10 Å². The van der Waals surface area contributed by atoms with Crippen molar-refractivity contribution in [3.8, 4) is 0 Å². The maximum atomic E-state index is 9.19. The summed E-state index contributed by atoms with van der Waals surface area (Å²) < 4.78 is 0. The van der Waals surface area contributed by atoms with E-state index in [0.29, 0.717) is 4.86 Å². The zero-order valence-corrected chi connectivity index (χ0v) is 5.98. The summed E-state index contributed by atoms with van der Waals surface area (Å²) >= 11 is 4.83. The van der Waals surface area contributed by atoms with Crippen molar-refractivity contribution >= 4 is 17.1 Å². The van der Waals surface area contributed by atoms with Crippen LogP contribution in [0.4, 0.5) is 0 Å². The van der Waals surface area contributed by atoms with Gasteiger partial charge in [-0.05, 0) is 18.6 Å². The molecule has 0 bridgehead atoms. The lowest BCUT2D eigenvalue weighted by molar-refractivity contribution is 0.279. The number of hydrogen-bond acceptors (Lipinski definition) is 2. The van der Waals surface area contributed by atoms with Crippen LogP contribution >= 0.6 is 12.2 Å². The zero-order chi connectivity index (χ0) is 6.85. The molecule has 0 aliphatic heterocycles. The molecule has 0 aromatic rings. The van der Waals surface area contributed by atoms with E-state index in [1.54, 1.807) is 6.08 Å². The van der Waals surface area contributed by atoms with Crippen LogP contribution in [0.2, 0.25) is 0 Å². The number of aliphatic hydroxyl groups excluding tert-OH is 1. The Morgan fingerprint density at radius 2 is 2.33 bits per heavy atom. The SMILES string of the molecule is CC1=CC=CC(=S)C1O. The van der Waals surface area contributed by atoms with E-state index in [2.05, 4.69) is 0 Å². The molecule has 0 spiro atoms. The van der Waals surface area contributed by atoms with E-state index in [1.165, 1.54) is 0 Å². The summed E-state index contributed by atoms with van der Waals surface area (Å²) in [7, 11) is 0. The average molecular weight is 140 g/mol. The predicted octanol–water partition coefficient (Wildman–Crippen LogP) is 1.23. The maximum absolute atomic E-state index is 9.19. The van der Waals surface area contributed by atoms with Crippen LogP contribution in [0.3, 0.4) is 0 Å². The van der Waals surface area contributed by atoms with Gasteiger partial charge in [-0.15, -0.1) is 0 Å². The lowest BCUT2D eigenvalue weighted by atomic mass is 10.0. The van der Waals surface area contributed by atoms with Crippen molar-refractivity contribution in [3.63, 3.8) is 0 Å². The minimum atomic E-state index is -0.523. The van der Waals surface area contributed by atoms with Gasteiger partial charge in [0, 0.05) is 4.86 Å². The van der Waals surface area contributed by atoms with Gasteiger partial charge in [0.15, 0.2) is 0 Å². The number of rotatable bonds is 0. The molecule has 0 radical (unpaired) electrons. The van der Waals surface area contributed by atoms with E-state index in [-0.39, 0.29) is 0 Å². The van der Waals surface area contributed by atoms with Crippen LogP contribution in [-0.4, -0.2) is 16.1 Å². The van der Waals surface area contributed by atoms with Crippen LogP contribution in [-0.2, 0) is 0 Å². The van der Waals surface area contributed by atoms with Crippen molar-refractivity contribution < 1.29 is 5.11 Å². The monoisotopic (exact) mass is 140 g/mol. The first-order chi connectivity index (χ1) is 4.22. The summed E-state index contributed by atoms with van der Waals surface area (Å²) in [6.45, 7) is 1.86. The molecule has 0 heterocycles. The van der Waals surface area contributed by atoms with E-state index in [1.807, 2.05) is 19.1 Å². The van der Waals surface area contributed by atoms with Crippen LogP contribution < -0.4 is 0 Å². The third kappa shape index (κ3) is 1.26. The molecule has 0 amide bonds. The minimum Gasteiger partial charge on any atom is -0.383 e. The first-order valence-corrected chi connectivity index (χ1v) is 3.19. The summed E-state index contributed by atoms with van der Waals surface area (Å²) in [5.41, 5.74) is 0.919. The fourth-order valence-corrected chi connectivity index (χ4v) is 0.966. The van der Waals surface area contributed by atoms with Gasteiger partial charge < -0.3 is 5.11 Å². The normalized spacial score (nSPS) is 26.2. The lowest BCUT2D eigenvalue weighted by Gasteiger charge is -2.11. The molecule has 48 valence electrons. The minimum absolute atomic E-state index is 0.523. The van der Waals surface area contributed by atoms with Gasteiger partial charge >= 0.3 is 0 Å². The first kappa shape index (κ1) is 6.65. The second-order valence-electron chi connectivity index (χ2n) is 2.07. The fraction of sp³-hybridized carbons (Fsp3) is 0.286. The van der Waals surface area contributed by atoms with Crippen LogP contribution in [0.15, 0.2) is 23.8 Å². The van der Waals surface area contributed by atoms with Crippen LogP contribution in [0.5, 0.6) is 0 Å². The third-order valence-corrected chi connectivity index (χ3v) is 1.68. The summed E-state index contributed by atoms with van der Waals surface area (Å²) in [4.78, 5) is 0.606. The highest BCUT2D eigenvalue weighted by Crippen LogP contribution is 2.09. The van der Waals surface area contributed by atoms with Gasteiger partial charge in [0.25, 0.3) is 0 Å². The molecule has 0 aromatic heterocycles. The molecule has 1 N–H and O–H groups in total. The standard InChI is InChI=1S/C7H8OS/c1-5-3-2-4-6(9)7(5)8/h2-4,7-8H,1H3. The molecule has 0 aromatic carbocycles. The van der Waals surface area contributed by atoms with Crippen molar-refractivity contribution in [1.29, 1.82) is 0 Å². The topological polar surface area (TPSA) is 20.2 Å². The van der Waals surface area contributed by atoms with Crippen molar-refractivity contribution in [2.24, 2.45) is 0 Å². The number of allylic oxidation sites excluding steroid dienone is 2. The summed E-state index contributed by atoms with van der Waals surface area (Å²) in [5.74, 6) is 0. The second kappa shape index (κ2) is 2.42. The Kier molecular flexibility index (Phi) is 1.78. The highest BCUT2D eigenvalue weighted by atomic mass is 32.1. The van der Waals surface area contributed by atoms with E-state index in [4.69, 9.17) is 12.2 Å². The Labute approximate surface area is 59.7 Å². The van der Waals surface area contributed by atoms with E-state index < -0.39 is 6.10 Å². The van der Waals surface area contributed by atoms with E-state index in [9.17, 15) is 5.11 Å². The highest BCUT2D eigenvalue weighted by Gasteiger charge is 2.11. The molecule has 1 rings (SSSR count). The molecule has 0 saturated carbocycles. The van der Waals surface area contributed by atoms with E-state index >= 15 is 0 Å². The van der Waals surface area contributed by atoms with Gasteiger partial charge in [0.2, 0.25) is 0 Å². The van der Waals surface area contributed by atoms with E-state index in [0.717, 1.165) is 5.57 Å². The van der Waals surface area contributed by atoms with Gasteiger partial charge in [-0.1, -0.05) is 24.4 Å². The van der Waals surface area contributed by atoms with Crippen LogP contribution in [0, 0.1) is 0 Å². The fourth-order valence-electron chi connectivity index (χ4n) is 0.701. The van der Waals surface area contributed by atoms with Gasteiger partial charge in [-0.25, -0.2) is 0 Å². The Hall–Kier alpha value is -0.470. The molecule has 1 atom stereocenters. The quantitative estimate of drug-likeness (QED) is 0.511. The average Bonchev–Trinajstić information content (AvgIpc) is 1.83. The van der Waals surface area contributed by atoms with Crippen LogP contribution in [0.1, 0.15) is 6.92 Å². The highest BCUT2D eigenvalue weighted by molar-refractivity contribution is 7.80.